The minimum Gasteiger partial charge on any atom is -0.496 e. The number of carbonyl (C=O) groups is 1. The summed E-state index contributed by atoms with van der Waals surface area (Å²) in [6.45, 7) is 9.62. The van der Waals surface area contributed by atoms with E-state index in [0.717, 1.165) is 53.9 Å². The molecule has 0 aliphatic carbocycles. The number of benzene rings is 1. The van der Waals surface area contributed by atoms with Crippen molar-refractivity contribution in [1.82, 2.24) is 4.57 Å². The number of nitrogens with zero attached hydrogens (tertiary/aromatic N) is 1. The Balaban J connectivity index is 2.06. The van der Waals surface area contributed by atoms with E-state index in [9.17, 15) is 4.79 Å². The number of rotatable bonds is 9. The zero-order valence-corrected chi connectivity index (χ0v) is 18.7. The molecule has 1 aromatic heterocycles. The Bertz CT molecular complexity index is 879. The number of unbranched alkanes of at least 4 members (excludes halogenated alkanes) is 4. The van der Waals surface area contributed by atoms with Crippen LogP contribution in [0.3, 0.4) is 0 Å². The molecule has 0 unspecified atom stereocenters. The highest BCUT2D eigenvalue weighted by Crippen LogP contribution is 2.40. The fourth-order valence-corrected chi connectivity index (χ4v) is 4.59. The summed E-state index contributed by atoms with van der Waals surface area (Å²) >= 11 is 0. The van der Waals surface area contributed by atoms with Gasteiger partial charge in [-0.05, 0) is 68.9 Å². The quantitative estimate of drug-likeness (QED) is 0.383. The molecule has 0 bridgehead atoms. The van der Waals surface area contributed by atoms with Crippen molar-refractivity contribution in [2.45, 2.75) is 79.2 Å². The van der Waals surface area contributed by atoms with Crippen molar-refractivity contribution in [3.63, 3.8) is 0 Å². The van der Waals surface area contributed by atoms with Gasteiger partial charge in [-0.25, -0.2) is 4.79 Å². The number of esters is 1. The van der Waals surface area contributed by atoms with Gasteiger partial charge in [-0.1, -0.05) is 32.6 Å². The van der Waals surface area contributed by atoms with Crippen molar-refractivity contribution in [2.75, 3.05) is 13.7 Å². The van der Waals surface area contributed by atoms with Crippen LogP contribution in [0, 0.1) is 13.8 Å². The summed E-state index contributed by atoms with van der Waals surface area (Å²) in [7, 11) is 1.71. The SMILES string of the molecule is CCCCCCCc1c(C(=O)OCC)c2n(c1C)CCc1cc(OC)c(C)cc1-2. The average molecular weight is 398 g/mol. The summed E-state index contributed by atoms with van der Waals surface area (Å²) in [6, 6.07) is 4.31. The van der Waals surface area contributed by atoms with Gasteiger partial charge in [-0.15, -0.1) is 0 Å². The predicted octanol–water partition coefficient (Wildman–Crippen LogP) is 6.03. The number of hydrogen-bond donors (Lipinski definition) is 0. The molecule has 158 valence electrons. The first-order valence-corrected chi connectivity index (χ1v) is 11.1. The zero-order valence-electron chi connectivity index (χ0n) is 18.7. The first-order chi connectivity index (χ1) is 14.0. The summed E-state index contributed by atoms with van der Waals surface area (Å²) in [5, 5.41) is 0. The van der Waals surface area contributed by atoms with Crippen LogP contribution in [0.4, 0.5) is 0 Å². The summed E-state index contributed by atoms with van der Waals surface area (Å²) in [5.41, 5.74) is 7.71. The molecule has 0 N–H and O–H groups in total. The van der Waals surface area contributed by atoms with Crippen molar-refractivity contribution < 1.29 is 14.3 Å². The Kier molecular flexibility index (Phi) is 7.05. The largest absolute Gasteiger partial charge is 0.496 e. The van der Waals surface area contributed by atoms with E-state index >= 15 is 0 Å². The third kappa shape index (κ3) is 4.22. The number of methoxy groups -OCH3 is 1. The molecule has 0 saturated heterocycles. The lowest BCUT2D eigenvalue weighted by Crippen LogP contribution is -2.15. The third-order valence-electron chi connectivity index (χ3n) is 6.14. The van der Waals surface area contributed by atoms with E-state index in [1.54, 1.807) is 7.11 Å². The monoisotopic (exact) mass is 397 g/mol. The van der Waals surface area contributed by atoms with Gasteiger partial charge in [0.05, 0.1) is 25.0 Å². The molecule has 1 aliphatic rings. The van der Waals surface area contributed by atoms with E-state index in [-0.39, 0.29) is 5.97 Å². The molecule has 1 aliphatic heterocycles. The molecule has 29 heavy (non-hydrogen) atoms. The van der Waals surface area contributed by atoms with Gasteiger partial charge in [0.1, 0.15) is 5.75 Å². The van der Waals surface area contributed by atoms with Crippen LogP contribution >= 0.6 is 0 Å². The van der Waals surface area contributed by atoms with Gasteiger partial charge < -0.3 is 14.0 Å². The molecule has 2 heterocycles. The van der Waals surface area contributed by atoms with Gasteiger partial charge in [0, 0.05) is 17.8 Å². The van der Waals surface area contributed by atoms with Crippen molar-refractivity contribution >= 4 is 5.97 Å². The van der Waals surface area contributed by atoms with Crippen LogP contribution < -0.4 is 4.74 Å². The standard InChI is InChI=1S/C25H35NO3/c1-6-8-9-10-11-12-20-18(4)26-14-13-19-16-22(28-5)17(3)15-21(19)24(26)23(20)25(27)29-7-2/h15-16H,6-14H2,1-5H3. The molecule has 1 aromatic carbocycles. The number of ether oxygens (including phenoxy) is 2. The van der Waals surface area contributed by atoms with E-state index in [0.29, 0.717) is 6.61 Å². The minimum absolute atomic E-state index is 0.186. The topological polar surface area (TPSA) is 40.5 Å². The van der Waals surface area contributed by atoms with E-state index in [1.165, 1.54) is 42.5 Å². The maximum atomic E-state index is 13.0. The van der Waals surface area contributed by atoms with Crippen molar-refractivity contribution in [3.05, 3.63) is 40.1 Å². The molecule has 4 heteroatoms. The molecular weight excluding hydrogens is 362 g/mol. The second kappa shape index (κ2) is 9.51. The molecule has 3 rings (SSSR count). The van der Waals surface area contributed by atoms with Crippen LogP contribution in [0.2, 0.25) is 0 Å². The van der Waals surface area contributed by atoms with Crippen molar-refractivity contribution in [3.8, 4) is 17.0 Å². The van der Waals surface area contributed by atoms with Crippen molar-refractivity contribution in [2.24, 2.45) is 0 Å². The highest BCUT2D eigenvalue weighted by molar-refractivity contribution is 5.99. The Hall–Kier alpha value is -2.23. The number of carbonyl (C=O) groups excluding carboxylic acids is 1. The predicted molar refractivity (Wildman–Crippen MR) is 118 cm³/mol. The highest BCUT2D eigenvalue weighted by Gasteiger charge is 2.30. The second-order valence-electron chi connectivity index (χ2n) is 8.05. The zero-order chi connectivity index (χ0) is 21.0. The van der Waals surface area contributed by atoms with Gasteiger partial charge in [-0.2, -0.15) is 0 Å². The average Bonchev–Trinajstić information content (AvgIpc) is 3.00. The lowest BCUT2D eigenvalue weighted by Gasteiger charge is -2.23. The molecule has 2 aromatic rings. The first-order valence-electron chi connectivity index (χ1n) is 11.1. The minimum atomic E-state index is -0.186. The smallest absolute Gasteiger partial charge is 0.340 e. The van der Waals surface area contributed by atoms with Crippen LogP contribution in [0.25, 0.3) is 11.3 Å². The van der Waals surface area contributed by atoms with Gasteiger partial charge in [-0.3, -0.25) is 0 Å². The maximum Gasteiger partial charge on any atom is 0.340 e. The lowest BCUT2D eigenvalue weighted by molar-refractivity contribution is 0.0526. The fraction of sp³-hybridized carbons (Fsp3) is 0.560. The van der Waals surface area contributed by atoms with Crippen LogP contribution in [0.1, 0.15) is 78.7 Å². The van der Waals surface area contributed by atoms with E-state index in [1.807, 2.05) is 6.92 Å². The highest BCUT2D eigenvalue weighted by atomic mass is 16.5. The Morgan fingerprint density at radius 3 is 2.55 bits per heavy atom. The van der Waals surface area contributed by atoms with Crippen LogP contribution in [0.5, 0.6) is 5.75 Å². The van der Waals surface area contributed by atoms with Gasteiger partial charge >= 0.3 is 5.97 Å². The maximum absolute atomic E-state index is 13.0. The van der Waals surface area contributed by atoms with E-state index in [2.05, 4.69) is 37.5 Å². The summed E-state index contributed by atoms with van der Waals surface area (Å²) in [4.78, 5) is 13.0. The molecule has 0 atom stereocenters. The van der Waals surface area contributed by atoms with E-state index in [4.69, 9.17) is 9.47 Å². The molecule has 4 nitrogen and oxygen atoms in total. The van der Waals surface area contributed by atoms with Crippen LogP contribution in [-0.4, -0.2) is 24.3 Å². The molecule has 0 fully saturated rings. The van der Waals surface area contributed by atoms with Crippen LogP contribution in [-0.2, 0) is 24.1 Å². The first kappa shape index (κ1) is 21.5. The van der Waals surface area contributed by atoms with E-state index < -0.39 is 0 Å². The molecule has 0 spiro atoms. The molecule has 0 radical (unpaired) electrons. The summed E-state index contributed by atoms with van der Waals surface area (Å²) < 4.78 is 13.4. The van der Waals surface area contributed by atoms with Gasteiger partial charge in [0.15, 0.2) is 0 Å². The molecule has 0 saturated carbocycles. The summed E-state index contributed by atoms with van der Waals surface area (Å²) in [6.07, 6.45) is 8.01. The Morgan fingerprint density at radius 1 is 1.10 bits per heavy atom. The number of aryl methyl sites for hydroxylation is 2. The third-order valence-corrected chi connectivity index (χ3v) is 6.14. The number of fused-ring (bicyclic) bond motifs is 3. The normalized spacial score (nSPS) is 12.4. The number of hydrogen-bond acceptors (Lipinski definition) is 3. The Morgan fingerprint density at radius 2 is 1.86 bits per heavy atom. The molecule has 0 amide bonds. The fourth-order valence-electron chi connectivity index (χ4n) is 4.59. The molecular formula is C25H35NO3. The van der Waals surface area contributed by atoms with Gasteiger partial charge in [0.2, 0.25) is 0 Å². The second-order valence-corrected chi connectivity index (χ2v) is 8.05. The summed E-state index contributed by atoms with van der Waals surface area (Å²) in [5.74, 6) is 0.725. The van der Waals surface area contributed by atoms with Crippen LogP contribution in [0.15, 0.2) is 12.1 Å². The van der Waals surface area contributed by atoms with Gasteiger partial charge in [0.25, 0.3) is 0 Å². The lowest BCUT2D eigenvalue weighted by atomic mass is 9.92. The number of aromatic nitrogens is 1. The Labute approximate surface area is 175 Å². The van der Waals surface area contributed by atoms with Crippen molar-refractivity contribution in [1.29, 1.82) is 0 Å².